The van der Waals surface area contributed by atoms with E-state index in [2.05, 4.69) is 50.2 Å². The van der Waals surface area contributed by atoms with Crippen molar-refractivity contribution in [3.8, 4) is 0 Å². The monoisotopic (exact) mass is 533 g/mol. The molecule has 0 saturated carbocycles. The number of likely N-dealkylation sites (N-methyl/N-ethyl adjacent to an activating group) is 1. The summed E-state index contributed by atoms with van der Waals surface area (Å²) in [5.74, 6) is 5.17. The van der Waals surface area contributed by atoms with E-state index in [1.54, 1.807) is 6.07 Å². The lowest BCUT2D eigenvalue weighted by atomic mass is 9.92. The second-order valence-electron chi connectivity index (χ2n) is 10.7. The Morgan fingerprint density at radius 2 is 2.08 bits per heavy atom. The number of aryl methyl sites for hydroxylation is 1. The van der Waals surface area contributed by atoms with Crippen molar-refractivity contribution in [2.45, 2.75) is 43.7 Å². The fourth-order valence-corrected chi connectivity index (χ4v) is 5.87. The van der Waals surface area contributed by atoms with Crippen LogP contribution in [0.15, 0.2) is 45.7 Å². The van der Waals surface area contributed by atoms with E-state index in [1.165, 1.54) is 11.9 Å². The molecule has 3 aliphatic heterocycles. The van der Waals surface area contributed by atoms with E-state index >= 15 is 0 Å². The third-order valence-electron chi connectivity index (χ3n) is 7.99. The fourth-order valence-electron chi connectivity index (χ4n) is 5.87. The minimum atomic E-state index is -0.200. The minimum absolute atomic E-state index is 0.00995. The molecule has 206 valence electrons. The number of nitrogens with zero attached hydrogens (tertiary/aromatic N) is 6. The molecule has 39 heavy (non-hydrogen) atoms. The number of hydrogen-bond donors (Lipinski definition) is 1. The van der Waals surface area contributed by atoms with Gasteiger partial charge < -0.3 is 25.0 Å². The van der Waals surface area contributed by atoms with E-state index in [4.69, 9.17) is 15.3 Å². The van der Waals surface area contributed by atoms with Crippen LogP contribution < -0.4 is 5.84 Å². The summed E-state index contributed by atoms with van der Waals surface area (Å²) in [4.78, 5) is 35.8. The molecule has 3 atom stereocenters. The van der Waals surface area contributed by atoms with Crippen LogP contribution in [-0.4, -0.2) is 85.4 Å². The Labute approximate surface area is 228 Å². The number of piperazine rings is 1. The third-order valence-corrected chi connectivity index (χ3v) is 7.99. The van der Waals surface area contributed by atoms with Crippen LogP contribution in [0.2, 0.25) is 0 Å². The number of aldehydes is 1. The Hall–Kier alpha value is -3.54. The average molecular weight is 534 g/mol. The van der Waals surface area contributed by atoms with Crippen LogP contribution in [0, 0.1) is 0 Å². The van der Waals surface area contributed by atoms with E-state index in [-0.39, 0.29) is 23.5 Å². The van der Waals surface area contributed by atoms with E-state index < -0.39 is 0 Å². The molecule has 2 fully saturated rings. The number of pyridine rings is 1. The number of aliphatic imine (C=N–C) groups is 1. The molecule has 11 heteroatoms. The van der Waals surface area contributed by atoms with Crippen molar-refractivity contribution in [3.05, 3.63) is 58.3 Å². The van der Waals surface area contributed by atoms with Crippen LogP contribution in [0.4, 0.5) is 5.82 Å². The lowest BCUT2D eigenvalue weighted by Crippen LogP contribution is -2.65. The molecule has 4 aliphatic rings. The highest BCUT2D eigenvalue weighted by molar-refractivity contribution is 5.92. The number of morpholine rings is 1. The number of aromatic nitrogens is 1. The van der Waals surface area contributed by atoms with Crippen LogP contribution in [-0.2, 0) is 27.1 Å². The minimum Gasteiger partial charge on any atom is -0.462 e. The predicted molar refractivity (Wildman–Crippen MR) is 145 cm³/mol. The normalized spacial score (nSPS) is 26.9. The van der Waals surface area contributed by atoms with Crippen LogP contribution in [0.1, 0.15) is 58.1 Å². The molecule has 0 spiro atoms. The maximum Gasteiger partial charge on any atom is 0.338 e. The molecule has 2 aromatic rings. The van der Waals surface area contributed by atoms with E-state index in [0.717, 1.165) is 75.2 Å². The van der Waals surface area contributed by atoms with E-state index in [9.17, 15) is 9.59 Å². The molecule has 1 aliphatic carbocycles. The second-order valence-corrected chi connectivity index (χ2v) is 10.7. The molecule has 1 aromatic carbocycles. The Kier molecular flexibility index (Phi) is 8.10. The van der Waals surface area contributed by atoms with Gasteiger partial charge in [0.25, 0.3) is 0 Å². The summed E-state index contributed by atoms with van der Waals surface area (Å²) in [6.45, 7) is 7.70. The van der Waals surface area contributed by atoms with E-state index in [0.29, 0.717) is 18.0 Å². The standard InChI is InChI=1S/C18H24N2O3.C10H11N5O/c1-18-11-19(2)6-7-20(18)10-16(23-12-18)14-3-4-15-13(9-14)5-8-22-17(15)21;11-15-13-6-12-10-4-2-8-7(5-16)1-3-9(8)14-10/h3-4,9,16H,5-8,10-12H2,1-2H3;2,4-7H,1,3H2,(H2,11,12,13,14). The average Bonchev–Trinajstić information content (AvgIpc) is 3.35. The lowest BCUT2D eigenvalue weighted by Gasteiger charge is -2.52. The van der Waals surface area contributed by atoms with Crippen LogP contribution in [0.25, 0.3) is 0 Å². The summed E-state index contributed by atoms with van der Waals surface area (Å²) in [5.41, 5.74) is 5.04. The molecule has 2 N–H and O–H groups in total. The van der Waals surface area contributed by atoms with Gasteiger partial charge in [-0.2, -0.15) is 0 Å². The van der Waals surface area contributed by atoms with E-state index in [1.807, 2.05) is 18.2 Å². The van der Waals surface area contributed by atoms with Gasteiger partial charge in [0, 0.05) is 44.2 Å². The number of ether oxygens (including phenoxy) is 2. The zero-order chi connectivity index (χ0) is 27.4. The number of carbonyl (C=O) groups is 2. The van der Waals surface area contributed by atoms with Crippen molar-refractivity contribution < 1.29 is 19.1 Å². The second kappa shape index (κ2) is 11.7. The SMILES string of the molecule is CN1CCN2CC(c3ccc4c(c3)CCOC4=O)OCC2(C)C1.NN=NC=Nc1ccc2c(n1)CCC2C=O. The van der Waals surface area contributed by atoms with Crippen LogP contribution >= 0.6 is 0 Å². The Bertz CT molecular complexity index is 1280. The first-order valence-corrected chi connectivity index (χ1v) is 13.3. The molecular weight excluding hydrogens is 498 g/mol. The Morgan fingerprint density at radius 1 is 1.21 bits per heavy atom. The van der Waals surface area contributed by atoms with Gasteiger partial charge in [0.1, 0.15) is 12.6 Å². The van der Waals surface area contributed by atoms with Gasteiger partial charge in [-0.05, 0) is 55.6 Å². The molecule has 1 aromatic heterocycles. The largest absolute Gasteiger partial charge is 0.462 e. The molecule has 0 bridgehead atoms. The number of rotatable bonds is 4. The summed E-state index contributed by atoms with van der Waals surface area (Å²) in [6, 6.07) is 9.70. The van der Waals surface area contributed by atoms with Crippen molar-refractivity contribution in [2.75, 3.05) is 46.4 Å². The number of hydrogen-bond acceptors (Lipinski definition) is 9. The van der Waals surface area contributed by atoms with Crippen molar-refractivity contribution >= 4 is 24.4 Å². The lowest BCUT2D eigenvalue weighted by molar-refractivity contribution is -0.132. The first-order valence-electron chi connectivity index (χ1n) is 13.3. The fraction of sp³-hybridized carbons (Fsp3) is 0.500. The van der Waals surface area contributed by atoms with Gasteiger partial charge in [0.05, 0.1) is 30.4 Å². The van der Waals surface area contributed by atoms with Crippen LogP contribution in [0.5, 0.6) is 0 Å². The van der Waals surface area contributed by atoms with Gasteiger partial charge in [-0.25, -0.2) is 14.8 Å². The van der Waals surface area contributed by atoms with Gasteiger partial charge in [0.2, 0.25) is 0 Å². The van der Waals surface area contributed by atoms with Gasteiger partial charge >= 0.3 is 5.97 Å². The number of fused-ring (bicyclic) bond motifs is 3. The zero-order valence-electron chi connectivity index (χ0n) is 22.5. The summed E-state index contributed by atoms with van der Waals surface area (Å²) < 4.78 is 11.3. The highest BCUT2D eigenvalue weighted by Crippen LogP contribution is 2.34. The highest BCUT2D eigenvalue weighted by atomic mass is 16.5. The molecule has 2 saturated heterocycles. The summed E-state index contributed by atoms with van der Waals surface area (Å²) in [5, 5.41) is 6.46. The summed E-state index contributed by atoms with van der Waals surface area (Å²) in [6.07, 6.45) is 4.75. The smallest absolute Gasteiger partial charge is 0.338 e. The zero-order valence-corrected chi connectivity index (χ0v) is 22.5. The molecular formula is C28H35N7O4. The number of benzene rings is 1. The van der Waals surface area contributed by atoms with Gasteiger partial charge in [-0.15, -0.1) is 5.11 Å². The molecule has 6 rings (SSSR count). The predicted octanol–water partition coefficient (Wildman–Crippen LogP) is 2.77. The first kappa shape index (κ1) is 27.0. The Morgan fingerprint density at radius 3 is 2.90 bits per heavy atom. The van der Waals surface area contributed by atoms with Crippen molar-refractivity contribution in [3.63, 3.8) is 0 Å². The maximum atomic E-state index is 11.8. The molecule has 3 unspecified atom stereocenters. The molecule has 4 heterocycles. The number of cyclic esters (lactones) is 1. The summed E-state index contributed by atoms with van der Waals surface area (Å²) >= 11 is 0. The maximum absolute atomic E-state index is 11.8. The summed E-state index contributed by atoms with van der Waals surface area (Å²) in [7, 11) is 2.18. The number of esters is 1. The van der Waals surface area contributed by atoms with Gasteiger partial charge in [-0.1, -0.05) is 23.4 Å². The topological polar surface area (TPSA) is 135 Å². The molecule has 0 radical (unpaired) electrons. The Balaban J connectivity index is 0.000000169. The highest BCUT2D eigenvalue weighted by Gasteiger charge is 2.42. The number of nitrogens with two attached hydrogens (primary N) is 1. The van der Waals surface area contributed by atoms with Gasteiger partial charge in [0.15, 0.2) is 5.82 Å². The quantitative estimate of drug-likeness (QED) is 0.121. The van der Waals surface area contributed by atoms with Crippen molar-refractivity contribution in [1.82, 2.24) is 14.8 Å². The van der Waals surface area contributed by atoms with Crippen LogP contribution in [0.3, 0.4) is 0 Å². The van der Waals surface area contributed by atoms with Gasteiger partial charge in [-0.3, -0.25) is 4.90 Å². The molecule has 0 amide bonds. The number of carbonyl (C=O) groups excluding carboxylic acids is 2. The first-order chi connectivity index (χ1) is 18.9. The van der Waals surface area contributed by atoms with Crippen molar-refractivity contribution in [2.24, 2.45) is 21.2 Å². The molecule has 11 nitrogen and oxygen atoms in total. The van der Waals surface area contributed by atoms with Crippen molar-refractivity contribution in [1.29, 1.82) is 0 Å². The third kappa shape index (κ3) is 5.90.